The molecular formula is C14H17ClN4O2. The number of carbonyl (C=O) groups excluding carboxylic acids is 1. The Hall–Kier alpha value is -1.63. The molecule has 2 atom stereocenters. The van der Waals surface area contributed by atoms with Crippen LogP contribution in [0.4, 0.5) is 0 Å². The minimum Gasteiger partial charge on any atom is -0.390 e. The van der Waals surface area contributed by atoms with E-state index in [1.165, 1.54) is 0 Å². The normalized spacial score (nSPS) is 22.4. The van der Waals surface area contributed by atoms with Crippen molar-refractivity contribution in [3.8, 4) is 0 Å². The molecule has 1 fully saturated rings. The van der Waals surface area contributed by atoms with Crippen molar-refractivity contribution in [1.82, 2.24) is 20.6 Å². The van der Waals surface area contributed by atoms with Gasteiger partial charge in [-0.15, -0.1) is 0 Å². The number of benzene rings is 1. The molecule has 21 heavy (non-hydrogen) atoms. The Bertz CT molecular complexity index is 657. The number of hydrogen-bond donors (Lipinski definition) is 4. The lowest BCUT2D eigenvalue weighted by atomic mass is 10.0. The van der Waals surface area contributed by atoms with Crippen molar-refractivity contribution in [3.05, 3.63) is 29.0 Å². The van der Waals surface area contributed by atoms with Crippen LogP contribution < -0.4 is 10.6 Å². The minimum absolute atomic E-state index is 0.147. The van der Waals surface area contributed by atoms with E-state index in [0.29, 0.717) is 17.4 Å². The van der Waals surface area contributed by atoms with Gasteiger partial charge in [-0.2, -0.15) is 0 Å². The Balaban J connectivity index is 1.65. The second kappa shape index (κ2) is 6.01. The van der Waals surface area contributed by atoms with Gasteiger partial charge in [-0.3, -0.25) is 4.79 Å². The Kier molecular flexibility index (Phi) is 4.10. The van der Waals surface area contributed by atoms with Crippen molar-refractivity contribution >= 4 is 28.5 Å². The number of nitrogens with zero attached hydrogens (tertiary/aromatic N) is 1. The van der Waals surface area contributed by atoms with Gasteiger partial charge in [-0.1, -0.05) is 11.6 Å². The molecule has 0 aliphatic carbocycles. The van der Waals surface area contributed by atoms with E-state index in [1.807, 2.05) is 6.07 Å². The number of rotatable bonds is 3. The van der Waals surface area contributed by atoms with Gasteiger partial charge < -0.3 is 20.7 Å². The van der Waals surface area contributed by atoms with E-state index in [0.717, 1.165) is 24.0 Å². The summed E-state index contributed by atoms with van der Waals surface area (Å²) in [5.41, 5.74) is 1.59. The van der Waals surface area contributed by atoms with Gasteiger partial charge >= 0.3 is 0 Å². The van der Waals surface area contributed by atoms with E-state index in [1.54, 1.807) is 12.1 Å². The van der Waals surface area contributed by atoms with Crippen LogP contribution in [-0.4, -0.2) is 46.2 Å². The maximum absolute atomic E-state index is 12.0. The van der Waals surface area contributed by atoms with Crippen LogP contribution in [0, 0.1) is 0 Å². The van der Waals surface area contributed by atoms with Gasteiger partial charge in [-0.05, 0) is 31.2 Å². The smallest absolute Gasteiger partial charge is 0.227 e. The lowest BCUT2D eigenvalue weighted by Crippen LogP contribution is -2.53. The molecule has 2 aromatic rings. The average Bonchev–Trinajstić information content (AvgIpc) is 2.82. The number of hydrogen-bond acceptors (Lipinski definition) is 4. The number of aromatic nitrogens is 2. The number of nitrogens with one attached hydrogen (secondary N) is 3. The van der Waals surface area contributed by atoms with Crippen LogP contribution in [0.1, 0.15) is 12.2 Å². The number of amides is 1. The third kappa shape index (κ3) is 3.34. The number of carbonyl (C=O) groups is 1. The van der Waals surface area contributed by atoms with Crippen molar-refractivity contribution in [2.45, 2.75) is 25.0 Å². The van der Waals surface area contributed by atoms with Crippen LogP contribution >= 0.6 is 11.6 Å². The molecule has 0 radical (unpaired) electrons. The van der Waals surface area contributed by atoms with Gasteiger partial charge in [0, 0.05) is 11.6 Å². The number of imidazole rings is 1. The van der Waals surface area contributed by atoms with E-state index in [4.69, 9.17) is 11.6 Å². The van der Waals surface area contributed by atoms with Crippen LogP contribution in [0.25, 0.3) is 11.0 Å². The average molecular weight is 309 g/mol. The SMILES string of the molecule is O=C(Cc1nc2ccc(Cl)cc2[nH]1)N[C@@H]1CCNC[C@H]1O. The molecule has 1 aliphatic heterocycles. The molecular weight excluding hydrogens is 292 g/mol. The van der Waals surface area contributed by atoms with Gasteiger partial charge in [0.25, 0.3) is 0 Å². The van der Waals surface area contributed by atoms with Crippen molar-refractivity contribution in [2.24, 2.45) is 0 Å². The number of fused-ring (bicyclic) bond motifs is 1. The molecule has 1 aromatic carbocycles. The molecule has 112 valence electrons. The minimum atomic E-state index is -0.544. The first kappa shape index (κ1) is 14.3. The van der Waals surface area contributed by atoms with E-state index in [-0.39, 0.29) is 18.4 Å². The summed E-state index contributed by atoms with van der Waals surface area (Å²) in [6.07, 6.45) is 0.336. The summed E-state index contributed by atoms with van der Waals surface area (Å²) >= 11 is 5.92. The molecule has 1 saturated heterocycles. The maximum atomic E-state index is 12.0. The molecule has 4 N–H and O–H groups in total. The number of aliphatic hydroxyl groups is 1. The number of aliphatic hydroxyl groups excluding tert-OH is 1. The summed E-state index contributed by atoms with van der Waals surface area (Å²) in [7, 11) is 0. The van der Waals surface area contributed by atoms with Crippen LogP contribution in [0.3, 0.4) is 0 Å². The molecule has 0 saturated carbocycles. The fourth-order valence-electron chi connectivity index (χ4n) is 2.54. The van der Waals surface area contributed by atoms with E-state index >= 15 is 0 Å². The quantitative estimate of drug-likeness (QED) is 0.668. The van der Waals surface area contributed by atoms with Gasteiger partial charge in [0.2, 0.25) is 5.91 Å². The summed E-state index contributed by atoms with van der Waals surface area (Å²) in [5.74, 6) is 0.444. The molecule has 0 bridgehead atoms. The van der Waals surface area contributed by atoms with Gasteiger partial charge in [0.05, 0.1) is 29.6 Å². The highest BCUT2D eigenvalue weighted by atomic mass is 35.5. The Morgan fingerprint density at radius 3 is 3.19 bits per heavy atom. The first-order valence-electron chi connectivity index (χ1n) is 6.94. The molecule has 2 heterocycles. The molecule has 0 unspecified atom stereocenters. The maximum Gasteiger partial charge on any atom is 0.227 e. The van der Waals surface area contributed by atoms with Crippen molar-refractivity contribution in [2.75, 3.05) is 13.1 Å². The lowest BCUT2D eigenvalue weighted by molar-refractivity contribution is -0.122. The summed E-state index contributed by atoms with van der Waals surface area (Å²) in [4.78, 5) is 19.5. The number of piperidine rings is 1. The van der Waals surface area contributed by atoms with Gasteiger partial charge in [-0.25, -0.2) is 4.98 Å². The highest BCUT2D eigenvalue weighted by Crippen LogP contribution is 2.17. The Labute approximate surface area is 126 Å². The van der Waals surface area contributed by atoms with E-state index < -0.39 is 6.10 Å². The van der Waals surface area contributed by atoms with Crippen LogP contribution in [0.2, 0.25) is 5.02 Å². The first-order valence-corrected chi connectivity index (χ1v) is 7.32. The monoisotopic (exact) mass is 308 g/mol. The fourth-order valence-corrected chi connectivity index (χ4v) is 2.71. The number of aromatic amines is 1. The highest BCUT2D eigenvalue weighted by Gasteiger charge is 2.24. The Morgan fingerprint density at radius 1 is 1.52 bits per heavy atom. The highest BCUT2D eigenvalue weighted by molar-refractivity contribution is 6.31. The van der Waals surface area contributed by atoms with E-state index in [2.05, 4.69) is 20.6 Å². The lowest BCUT2D eigenvalue weighted by Gasteiger charge is -2.28. The first-order chi connectivity index (χ1) is 10.1. The summed E-state index contributed by atoms with van der Waals surface area (Å²) in [6, 6.07) is 5.16. The molecule has 3 rings (SSSR count). The number of H-pyrrole nitrogens is 1. The number of β-amino-alcohol motifs (C(OH)–C–C–N with tert-alkyl or cyclic N) is 1. The second-order valence-corrected chi connectivity index (χ2v) is 5.69. The van der Waals surface area contributed by atoms with Crippen LogP contribution in [-0.2, 0) is 11.2 Å². The van der Waals surface area contributed by atoms with Gasteiger partial charge in [0.1, 0.15) is 5.82 Å². The van der Waals surface area contributed by atoms with Crippen LogP contribution in [0.15, 0.2) is 18.2 Å². The largest absolute Gasteiger partial charge is 0.390 e. The van der Waals surface area contributed by atoms with Crippen LogP contribution in [0.5, 0.6) is 0 Å². The zero-order chi connectivity index (χ0) is 14.8. The molecule has 1 amide bonds. The second-order valence-electron chi connectivity index (χ2n) is 5.26. The van der Waals surface area contributed by atoms with Crippen molar-refractivity contribution < 1.29 is 9.90 Å². The molecule has 7 heteroatoms. The Morgan fingerprint density at radius 2 is 2.38 bits per heavy atom. The number of halogens is 1. The molecule has 1 aliphatic rings. The third-order valence-corrected chi connectivity index (χ3v) is 3.85. The zero-order valence-electron chi connectivity index (χ0n) is 11.4. The third-order valence-electron chi connectivity index (χ3n) is 3.62. The predicted octanol–water partition coefficient (Wildman–Crippen LogP) is 0.598. The van der Waals surface area contributed by atoms with Crippen molar-refractivity contribution in [3.63, 3.8) is 0 Å². The summed E-state index contributed by atoms with van der Waals surface area (Å²) < 4.78 is 0. The standard InChI is InChI=1S/C14H17ClN4O2/c15-8-1-2-9-11(5-8)18-13(17-9)6-14(21)19-10-3-4-16-7-12(10)20/h1-2,5,10,12,16,20H,3-4,6-7H2,(H,17,18)(H,19,21)/t10-,12-/m1/s1. The molecule has 1 aromatic heterocycles. The fraction of sp³-hybridized carbons (Fsp3) is 0.429. The van der Waals surface area contributed by atoms with Gasteiger partial charge in [0.15, 0.2) is 0 Å². The molecule has 6 nitrogen and oxygen atoms in total. The summed E-state index contributed by atoms with van der Waals surface area (Å²) in [5, 5.41) is 16.4. The predicted molar refractivity (Wildman–Crippen MR) is 80.2 cm³/mol. The topological polar surface area (TPSA) is 90.0 Å². The summed E-state index contributed by atoms with van der Waals surface area (Å²) in [6.45, 7) is 1.30. The zero-order valence-corrected chi connectivity index (χ0v) is 12.2. The van der Waals surface area contributed by atoms with E-state index in [9.17, 15) is 9.90 Å². The molecule has 0 spiro atoms. The van der Waals surface area contributed by atoms with Crippen molar-refractivity contribution in [1.29, 1.82) is 0 Å².